The number of hydrogen-bond acceptors (Lipinski definition) is 4. The maximum atomic E-state index is 12.9. The molecule has 1 heterocycles. The van der Waals surface area contributed by atoms with Gasteiger partial charge >= 0.3 is 0 Å². The van der Waals surface area contributed by atoms with Gasteiger partial charge in [0, 0.05) is 18.8 Å². The van der Waals surface area contributed by atoms with Crippen molar-refractivity contribution in [1.29, 1.82) is 0 Å². The molecule has 0 unspecified atom stereocenters. The molecule has 0 aliphatic heterocycles. The molecule has 1 aromatic heterocycles. The summed E-state index contributed by atoms with van der Waals surface area (Å²) in [5.41, 5.74) is 2.32. The van der Waals surface area contributed by atoms with Gasteiger partial charge in [0.15, 0.2) is 0 Å². The number of aryl methyl sites for hydroxylation is 1. The largest absolute Gasteiger partial charge is 0.488 e. The Hall–Kier alpha value is -2.60. The zero-order valence-electron chi connectivity index (χ0n) is 15.2. The Morgan fingerprint density at radius 2 is 2.19 bits per heavy atom. The molecule has 3 rings (SSSR count). The molecule has 26 heavy (non-hydrogen) atoms. The number of aliphatic hydroxyl groups is 1. The number of carbonyl (C=O) groups excluding carboxylic acids is 1. The van der Waals surface area contributed by atoms with Crippen LogP contribution in [0.15, 0.2) is 48.8 Å². The molecule has 1 aliphatic rings. The van der Waals surface area contributed by atoms with Gasteiger partial charge in [-0.15, -0.1) is 0 Å². The third-order valence-corrected chi connectivity index (χ3v) is 4.60. The second kappa shape index (κ2) is 7.74. The lowest BCUT2D eigenvalue weighted by atomic mass is 9.75. The Morgan fingerprint density at radius 3 is 2.81 bits per heavy atom. The molecule has 138 valence electrons. The molecule has 1 aromatic carbocycles. The summed E-state index contributed by atoms with van der Waals surface area (Å²) < 4.78 is 7.43. The average molecular weight is 355 g/mol. The number of aliphatic hydroxyl groups excluding tert-OH is 1. The van der Waals surface area contributed by atoms with Gasteiger partial charge in [-0.1, -0.05) is 18.7 Å². The predicted molar refractivity (Wildman–Crippen MR) is 98.9 cm³/mol. The van der Waals surface area contributed by atoms with Crippen molar-refractivity contribution in [3.63, 3.8) is 0 Å². The number of nitrogens with zero attached hydrogens (tertiary/aromatic N) is 2. The first-order chi connectivity index (χ1) is 12.4. The third-order valence-electron chi connectivity index (χ3n) is 4.60. The Morgan fingerprint density at radius 1 is 1.46 bits per heavy atom. The number of ether oxygens (including phenoxy) is 1. The first-order valence-corrected chi connectivity index (χ1v) is 8.77. The molecular formula is C20H25N3O3. The van der Waals surface area contributed by atoms with Gasteiger partial charge in [0.2, 0.25) is 0 Å². The molecule has 6 heteroatoms. The lowest BCUT2D eigenvalue weighted by Gasteiger charge is -2.37. The van der Waals surface area contributed by atoms with Gasteiger partial charge in [0.05, 0.1) is 23.9 Å². The van der Waals surface area contributed by atoms with E-state index in [1.165, 1.54) is 0 Å². The summed E-state index contributed by atoms with van der Waals surface area (Å²) in [5, 5.41) is 17.0. The summed E-state index contributed by atoms with van der Waals surface area (Å²) in [6.07, 6.45) is 4.72. The summed E-state index contributed by atoms with van der Waals surface area (Å²) in [5.74, 6) is 0.533. The van der Waals surface area contributed by atoms with Crippen LogP contribution in [-0.4, -0.2) is 33.5 Å². The first-order valence-electron chi connectivity index (χ1n) is 8.77. The number of nitrogens with one attached hydrogen (secondary N) is 1. The van der Waals surface area contributed by atoms with Gasteiger partial charge in [-0.25, -0.2) is 0 Å². The molecule has 2 N–H and O–H groups in total. The number of benzene rings is 1. The molecule has 0 bridgehead atoms. The minimum Gasteiger partial charge on any atom is -0.488 e. The van der Waals surface area contributed by atoms with Crippen LogP contribution in [0.3, 0.4) is 0 Å². The number of aromatic nitrogens is 2. The van der Waals surface area contributed by atoms with Crippen LogP contribution in [-0.2, 0) is 7.05 Å². The Kier molecular flexibility index (Phi) is 5.42. The zero-order chi connectivity index (χ0) is 18.7. The Bertz CT molecular complexity index is 793. The smallest absolute Gasteiger partial charge is 0.255 e. The quantitative estimate of drug-likeness (QED) is 0.749. The molecule has 1 aliphatic carbocycles. The minimum atomic E-state index is -0.290. The van der Waals surface area contributed by atoms with Gasteiger partial charge in [-0.2, -0.15) is 5.10 Å². The molecule has 1 amide bonds. The van der Waals surface area contributed by atoms with Crippen LogP contribution < -0.4 is 10.1 Å². The number of para-hydroxylation sites is 1. The van der Waals surface area contributed by atoms with E-state index in [-0.39, 0.29) is 24.0 Å². The van der Waals surface area contributed by atoms with Crippen molar-refractivity contribution >= 4 is 5.91 Å². The third kappa shape index (κ3) is 4.14. The number of amides is 1. The fourth-order valence-corrected chi connectivity index (χ4v) is 3.18. The van der Waals surface area contributed by atoms with Crippen LogP contribution in [0.2, 0.25) is 0 Å². The maximum absolute atomic E-state index is 12.9. The van der Waals surface area contributed by atoms with E-state index in [1.54, 1.807) is 23.0 Å². The molecule has 0 spiro atoms. The lowest BCUT2D eigenvalue weighted by Crippen LogP contribution is -2.41. The van der Waals surface area contributed by atoms with E-state index in [0.717, 1.165) is 11.1 Å². The summed E-state index contributed by atoms with van der Waals surface area (Å²) in [6, 6.07) is 7.00. The highest BCUT2D eigenvalue weighted by Crippen LogP contribution is 2.38. The van der Waals surface area contributed by atoms with Gasteiger partial charge < -0.3 is 15.2 Å². The van der Waals surface area contributed by atoms with Crippen LogP contribution in [0, 0.1) is 5.92 Å². The summed E-state index contributed by atoms with van der Waals surface area (Å²) in [4.78, 5) is 12.9. The van der Waals surface area contributed by atoms with E-state index in [0.29, 0.717) is 30.8 Å². The van der Waals surface area contributed by atoms with Gasteiger partial charge in [0.1, 0.15) is 12.4 Å². The van der Waals surface area contributed by atoms with Crippen molar-refractivity contribution in [3.05, 3.63) is 59.9 Å². The van der Waals surface area contributed by atoms with Gasteiger partial charge in [-0.3, -0.25) is 9.48 Å². The Labute approximate surface area is 153 Å². The molecule has 2 aromatic rings. The van der Waals surface area contributed by atoms with Crippen LogP contribution in [0.5, 0.6) is 5.75 Å². The fraction of sp³-hybridized carbons (Fsp3) is 0.400. The average Bonchev–Trinajstić information content (AvgIpc) is 3.01. The number of hydrogen-bond donors (Lipinski definition) is 2. The zero-order valence-corrected chi connectivity index (χ0v) is 15.2. The van der Waals surface area contributed by atoms with Crippen LogP contribution in [0.25, 0.3) is 0 Å². The van der Waals surface area contributed by atoms with Crippen molar-refractivity contribution in [2.75, 3.05) is 6.61 Å². The first kappa shape index (κ1) is 18.2. The van der Waals surface area contributed by atoms with E-state index >= 15 is 0 Å². The minimum absolute atomic E-state index is 0.186. The van der Waals surface area contributed by atoms with Gasteiger partial charge in [-0.05, 0) is 43.4 Å². The van der Waals surface area contributed by atoms with E-state index in [4.69, 9.17) is 4.74 Å². The highest BCUT2D eigenvalue weighted by Gasteiger charge is 2.36. The second-order valence-electron chi connectivity index (χ2n) is 7.03. The highest BCUT2D eigenvalue weighted by atomic mass is 16.5. The topological polar surface area (TPSA) is 76.4 Å². The van der Waals surface area contributed by atoms with Crippen LogP contribution in [0.1, 0.15) is 41.7 Å². The lowest BCUT2D eigenvalue weighted by molar-refractivity contribution is 0.0235. The SMILES string of the molecule is C=C(C)COc1ccccc1C(=O)N[C@H](c1cnn(C)c1)C1CC(O)C1. The molecule has 1 fully saturated rings. The number of rotatable bonds is 7. The Balaban J connectivity index is 1.79. The maximum Gasteiger partial charge on any atom is 0.255 e. The van der Waals surface area contributed by atoms with E-state index < -0.39 is 0 Å². The summed E-state index contributed by atoms with van der Waals surface area (Å²) in [7, 11) is 1.85. The monoisotopic (exact) mass is 355 g/mol. The molecular weight excluding hydrogens is 330 g/mol. The van der Waals surface area contributed by atoms with Crippen LogP contribution >= 0.6 is 0 Å². The van der Waals surface area contributed by atoms with Crippen molar-refractivity contribution in [2.45, 2.75) is 31.9 Å². The van der Waals surface area contributed by atoms with Gasteiger partial charge in [0.25, 0.3) is 5.91 Å². The van der Waals surface area contributed by atoms with Crippen molar-refractivity contribution in [2.24, 2.45) is 13.0 Å². The molecule has 1 atom stereocenters. The van der Waals surface area contributed by atoms with Crippen molar-refractivity contribution in [3.8, 4) is 5.75 Å². The summed E-state index contributed by atoms with van der Waals surface area (Å²) >= 11 is 0. The van der Waals surface area contributed by atoms with E-state index in [9.17, 15) is 9.90 Å². The predicted octanol–water partition coefficient (Wildman–Crippen LogP) is 2.62. The number of carbonyl (C=O) groups is 1. The molecule has 0 saturated heterocycles. The van der Waals surface area contributed by atoms with Crippen molar-refractivity contribution < 1.29 is 14.6 Å². The van der Waals surface area contributed by atoms with E-state index in [2.05, 4.69) is 17.0 Å². The molecule has 6 nitrogen and oxygen atoms in total. The fourth-order valence-electron chi connectivity index (χ4n) is 3.18. The molecule has 0 radical (unpaired) electrons. The normalized spacial score (nSPS) is 20.1. The van der Waals surface area contributed by atoms with E-state index in [1.807, 2.05) is 32.3 Å². The highest BCUT2D eigenvalue weighted by molar-refractivity contribution is 5.97. The summed E-state index contributed by atoms with van der Waals surface area (Å²) in [6.45, 7) is 6.07. The van der Waals surface area contributed by atoms with Crippen molar-refractivity contribution in [1.82, 2.24) is 15.1 Å². The molecule has 1 saturated carbocycles. The second-order valence-corrected chi connectivity index (χ2v) is 7.03. The standard InChI is InChI=1S/C20H25N3O3/c1-13(2)12-26-18-7-5-4-6-17(18)20(25)22-19(14-8-16(24)9-14)15-10-21-23(3)11-15/h4-7,10-11,14,16,19,24H,1,8-9,12H2,2-3H3,(H,22,25)/t14?,16?,19-/m0/s1. The van der Waals surface area contributed by atoms with Crippen LogP contribution in [0.4, 0.5) is 0 Å².